The Balaban J connectivity index is 2.04. The van der Waals surface area contributed by atoms with Gasteiger partial charge in [0, 0.05) is 26.1 Å². The van der Waals surface area contributed by atoms with Crippen molar-refractivity contribution < 1.29 is 31.9 Å². The van der Waals surface area contributed by atoms with Gasteiger partial charge in [0.05, 0.1) is 26.2 Å². The zero-order valence-corrected chi connectivity index (χ0v) is 23.1. The molecule has 0 saturated carbocycles. The Bertz CT molecular complexity index is 1380. The van der Waals surface area contributed by atoms with Gasteiger partial charge in [-0.25, -0.2) is 12.8 Å². The molecular weight excluding hydrogens is 525 g/mol. The number of amides is 2. The van der Waals surface area contributed by atoms with Crippen molar-refractivity contribution in [2.24, 2.45) is 0 Å². The molecule has 0 radical (unpaired) electrons. The number of hydrogen-bond acceptors (Lipinski definition) is 6. The van der Waals surface area contributed by atoms with Gasteiger partial charge < -0.3 is 19.7 Å². The molecule has 1 atom stereocenters. The lowest BCUT2D eigenvalue weighted by atomic mass is 10.0. The van der Waals surface area contributed by atoms with Gasteiger partial charge in [0.25, 0.3) is 0 Å². The van der Waals surface area contributed by atoms with Gasteiger partial charge in [0.2, 0.25) is 21.8 Å². The molecule has 0 fully saturated rings. The van der Waals surface area contributed by atoms with E-state index in [9.17, 15) is 22.4 Å². The zero-order chi connectivity index (χ0) is 28.6. The molecule has 3 aromatic carbocycles. The summed E-state index contributed by atoms with van der Waals surface area (Å²) in [6, 6.07) is 18.2. The molecule has 208 valence electrons. The maximum Gasteiger partial charge on any atom is 0.244 e. The van der Waals surface area contributed by atoms with Crippen LogP contribution in [0.3, 0.4) is 0 Å². The molecule has 2 amide bonds. The molecule has 0 aliphatic rings. The number of ether oxygens (including phenoxy) is 2. The fraction of sp³-hybridized carbons (Fsp3) is 0.286. The highest BCUT2D eigenvalue weighted by Crippen LogP contribution is 2.32. The number of halogens is 1. The van der Waals surface area contributed by atoms with Gasteiger partial charge in [0.1, 0.15) is 18.4 Å². The van der Waals surface area contributed by atoms with Crippen LogP contribution in [0.2, 0.25) is 0 Å². The molecule has 39 heavy (non-hydrogen) atoms. The highest BCUT2D eigenvalue weighted by molar-refractivity contribution is 7.92. The van der Waals surface area contributed by atoms with E-state index in [0.29, 0.717) is 11.3 Å². The average Bonchev–Trinajstić information content (AvgIpc) is 2.93. The molecule has 3 aromatic rings. The fourth-order valence-electron chi connectivity index (χ4n) is 4.10. The minimum Gasteiger partial charge on any atom is -0.493 e. The Kier molecular flexibility index (Phi) is 9.89. The first kappa shape index (κ1) is 29.4. The number of nitrogens with zero attached hydrogens (tertiary/aromatic N) is 2. The van der Waals surface area contributed by atoms with E-state index in [2.05, 4.69) is 5.32 Å². The molecule has 1 unspecified atom stereocenters. The highest BCUT2D eigenvalue weighted by Gasteiger charge is 2.32. The first-order valence-electron chi connectivity index (χ1n) is 12.1. The summed E-state index contributed by atoms with van der Waals surface area (Å²) in [4.78, 5) is 28.3. The van der Waals surface area contributed by atoms with E-state index >= 15 is 0 Å². The van der Waals surface area contributed by atoms with Gasteiger partial charge in [-0.15, -0.1) is 0 Å². The van der Waals surface area contributed by atoms with Crippen LogP contribution in [0.25, 0.3) is 0 Å². The van der Waals surface area contributed by atoms with Crippen molar-refractivity contribution in [3.8, 4) is 11.5 Å². The number of rotatable bonds is 12. The molecule has 9 nitrogen and oxygen atoms in total. The second kappa shape index (κ2) is 13.1. The summed E-state index contributed by atoms with van der Waals surface area (Å²) in [6.07, 6.45) is 1.17. The Hall–Kier alpha value is -4.12. The second-order valence-corrected chi connectivity index (χ2v) is 10.7. The molecule has 0 heterocycles. The predicted molar refractivity (Wildman–Crippen MR) is 147 cm³/mol. The monoisotopic (exact) mass is 557 g/mol. The number of methoxy groups -OCH3 is 2. The third kappa shape index (κ3) is 7.70. The quantitative estimate of drug-likeness (QED) is 0.367. The maximum absolute atomic E-state index is 13.9. The SMILES string of the molecule is CNC(=O)C(Cc1ccccc1)N(Cc1ccc(F)cc1)C(=O)CN(c1ccc(OC)c(OC)c1)S(C)(=O)=O. The lowest BCUT2D eigenvalue weighted by molar-refractivity contribution is -0.139. The van der Waals surface area contributed by atoms with Crippen LogP contribution < -0.4 is 19.1 Å². The molecule has 0 spiro atoms. The molecule has 1 N–H and O–H groups in total. The Labute approximate surface area is 228 Å². The predicted octanol–water partition coefficient (Wildman–Crippen LogP) is 3.00. The lowest BCUT2D eigenvalue weighted by Crippen LogP contribution is -2.52. The number of hydrogen-bond donors (Lipinski definition) is 1. The van der Waals surface area contributed by atoms with Gasteiger partial charge in [0.15, 0.2) is 11.5 Å². The van der Waals surface area contributed by atoms with Gasteiger partial charge in [-0.1, -0.05) is 42.5 Å². The minimum absolute atomic E-state index is 0.0480. The second-order valence-electron chi connectivity index (χ2n) is 8.78. The summed E-state index contributed by atoms with van der Waals surface area (Å²) in [5, 5.41) is 2.60. The van der Waals surface area contributed by atoms with Crippen molar-refractivity contribution in [2.75, 3.05) is 38.4 Å². The summed E-state index contributed by atoms with van der Waals surface area (Å²) in [5.74, 6) is -0.816. The van der Waals surface area contributed by atoms with Crippen molar-refractivity contribution in [3.05, 3.63) is 89.7 Å². The van der Waals surface area contributed by atoms with E-state index in [1.807, 2.05) is 30.3 Å². The Morgan fingerprint density at radius 2 is 1.56 bits per heavy atom. The van der Waals surface area contributed by atoms with Crippen molar-refractivity contribution in [1.29, 1.82) is 0 Å². The van der Waals surface area contributed by atoms with Crippen LogP contribution in [0.1, 0.15) is 11.1 Å². The Morgan fingerprint density at radius 3 is 2.13 bits per heavy atom. The molecule has 0 aromatic heterocycles. The van der Waals surface area contributed by atoms with Gasteiger partial charge in [-0.2, -0.15) is 0 Å². The summed E-state index contributed by atoms with van der Waals surface area (Å²) in [6.45, 7) is -0.634. The smallest absolute Gasteiger partial charge is 0.244 e. The van der Waals surface area contributed by atoms with E-state index in [0.717, 1.165) is 16.1 Å². The van der Waals surface area contributed by atoms with E-state index in [1.165, 1.54) is 68.6 Å². The van der Waals surface area contributed by atoms with Crippen molar-refractivity contribution in [2.45, 2.75) is 19.0 Å². The van der Waals surface area contributed by atoms with Crippen molar-refractivity contribution in [1.82, 2.24) is 10.2 Å². The summed E-state index contributed by atoms with van der Waals surface area (Å²) in [5.41, 5.74) is 1.57. The highest BCUT2D eigenvalue weighted by atomic mass is 32.2. The number of benzene rings is 3. The average molecular weight is 558 g/mol. The van der Waals surface area contributed by atoms with Crippen molar-refractivity contribution >= 4 is 27.5 Å². The molecular formula is C28H32FN3O6S. The van der Waals surface area contributed by atoms with Crippen LogP contribution in [0.15, 0.2) is 72.8 Å². The molecule has 3 rings (SSSR count). The number of sulfonamides is 1. The summed E-state index contributed by atoms with van der Waals surface area (Å²) in [7, 11) is 0.394. The normalized spacial score (nSPS) is 11.8. The van der Waals surface area contributed by atoms with E-state index in [4.69, 9.17) is 9.47 Å². The minimum atomic E-state index is -3.94. The molecule has 0 aliphatic carbocycles. The number of nitrogens with one attached hydrogen (secondary N) is 1. The molecule has 0 bridgehead atoms. The standard InChI is InChI=1S/C28H32FN3O6S/c1-30-28(34)24(16-20-8-6-5-7-9-20)31(18-21-10-12-22(29)13-11-21)27(33)19-32(39(4,35)36)23-14-15-25(37-2)26(17-23)38-3/h5-15,17,24H,16,18-19H2,1-4H3,(H,30,34). The Morgan fingerprint density at radius 1 is 0.923 bits per heavy atom. The first-order valence-corrected chi connectivity index (χ1v) is 13.9. The first-order chi connectivity index (χ1) is 18.6. The third-order valence-electron chi connectivity index (χ3n) is 6.12. The van der Waals surface area contributed by atoms with Crippen LogP contribution in [0.5, 0.6) is 11.5 Å². The van der Waals surface area contributed by atoms with Crippen LogP contribution in [-0.2, 0) is 32.6 Å². The topological polar surface area (TPSA) is 105 Å². The van der Waals surface area contributed by atoms with Gasteiger partial charge in [-0.3, -0.25) is 13.9 Å². The van der Waals surface area contributed by atoms with E-state index < -0.39 is 40.2 Å². The van der Waals surface area contributed by atoms with Crippen LogP contribution >= 0.6 is 0 Å². The maximum atomic E-state index is 13.9. The zero-order valence-electron chi connectivity index (χ0n) is 22.3. The molecule has 0 aliphatic heterocycles. The molecule has 0 saturated heterocycles. The van der Waals surface area contributed by atoms with Crippen molar-refractivity contribution in [3.63, 3.8) is 0 Å². The number of carbonyl (C=O) groups is 2. The molecule has 11 heteroatoms. The van der Waals surface area contributed by atoms with Crippen LogP contribution in [-0.4, -0.2) is 65.2 Å². The third-order valence-corrected chi connectivity index (χ3v) is 7.26. The van der Waals surface area contributed by atoms with E-state index in [1.54, 1.807) is 0 Å². The number of anilines is 1. The summed E-state index contributed by atoms with van der Waals surface area (Å²) < 4.78 is 50.8. The summed E-state index contributed by atoms with van der Waals surface area (Å²) >= 11 is 0. The van der Waals surface area contributed by atoms with Gasteiger partial charge >= 0.3 is 0 Å². The van der Waals surface area contributed by atoms with Crippen LogP contribution in [0.4, 0.5) is 10.1 Å². The fourth-order valence-corrected chi connectivity index (χ4v) is 4.94. The van der Waals surface area contributed by atoms with Crippen LogP contribution in [0, 0.1) is 5.82 Å². The van der Waals surface area contributed by atoms with E-state index in [-0.39, 0.29) is 24.4 Å². The lowest BCUT2D eigenvalue weighted by Gasteiger charge is -2.33. The number of carbonyl (C=O) groups excluding carboxylic acids is 2. The largest absolute Gasteiger partial charge is 0.493 e. The van der Waals surface area contributed by atoms with Gasteiger partial charge in [-0.05, 0) is 35.4 Å². The number of likely N-dealkylation sites (N-methyl/N-ethyl adjacent to an activating group) is 1.